The molecule has 2 heterocycles. The lowest BCUT2D eigenvalue weighted by atomic mass is 9.96. The minimum absolute atomic E-state index is 0.0263. The van der Waals surface area contributed by atoms with Crippen molar-refractivity contribution >= 4 is 11.9 Å². The van der Waals surface area contributed by atoms with Crippen molar-refractivity contribution in [1.29, 1.82) is 0 Å². The van der Waals surface area contributed by atoms with E-state index in [1.807, 2.05) is 0 Å². The number of hydrogen-bond donors (Lipinski definition) is 4. The van der Waals surface area contributed by atoms with Crippen LogP contribution in [-0.2, 0) is 19.1 Å². The molecule has 160 valence electrons. The Kier molecular flexibility index (Phi) is 6.70. The number of rotatable bonds is 5. The van der Waals surface area contributed by atoms with Gasteiger partial charge in [-0.25, -0.2) is 0 Å². The fourth-order valence-electron chi connectivity index (χ4n) is 3.27. The maximum absolute atomic E-state index is 12.2. The average molecular weight is 412 g/mol. The lowest BCUT2D eigenvalue weighted by Crippen LogP contribution is -2.60. The van der Waals surface area contributed by atoms with Gasteiger partial charge in [0, 0.05) is 0 Å². The number of ether oxygens (including phenoxy) is 4. The summed E-state index contributed by atoms with van der Waals surface area (Å²) in [5.74, 6) is -1.06. The molecular weight excluding hydrogens is 388 g/mol. The van der Waals surface area contributed by atoms with Crippen molar-refractivity contribution in [3.63, 3.8) is 0 Å². The van der Waals surface area contributed by atoms with E-state index >= 15 is 0 Å². The molecule has 7 atom stereocenters. The van der Waals surface area contributed by atoms with Gasteiger partial charge in [0.2, 0.25) is 6.29 Å². The lowest BCUT2D eigenvalue weighted by Gasteiger charge is -2.39. The Morgan fingerprint density at radius 2 is 1.76 bits per heavy atom. The largest absolute Gasteiger partial charge is 0.463 e. The summed E-state index contributed by atoms with van der Waals surface area (Å²) in [5.41, 5.74) is 0. The molecule has 10 nitrogen and oxygen atoms in total. The van der Waals surface area contributed by atoms with Gasteiger partial charge in [-0.3, -0.25) is 9.59 Å². The van der Waals surface area contributed by atoms with Gasteiger partial charge in [-0.05, 0) is 37.6 Å². The lowest BCUT2D eigenvalue weighted by molar-refractivity contribution is -0.277. The Balaban J connectivity index is 1.58. The van der Waals surface area contributed by atoms with E-state index in [4.69, 9.17) is 18.9 Å². The van der Waals surface area contributed by atoms with Crippen LogP contribution in [0.2, 0.25) is 0 Å². The summed E-state index contributed by atoms with van der Waals surface area (Å²) in [6.07, 6.45) is -6.92. The Morgan fingerprint density at radius 1 is 1.10 bits per heavy atom. The van der Waals surface area contributed by atoms with E-state index in [0.29, 0.717) is 6.42 Å². The molecule has 2 aliphatic rings. The quantitative estimate of drug-likeness (QED) is 0.354. The second-order valence-corrected chi connectivity index (χ2v) is 7.14. The molecule has 0 bridgehead atoms. The van der Waals surface area contributed by atoms with Crippen LogP contribution in [-0.4, -0.2) is 75.8 Å². The molecule has 0 amide bonds. The predicted octanol–water partition coefficient (Wildman–Crippen LogP) is -0.888. The van der Waals surface area contributed by atoms with E-state index in [0.717, 1.165) is 0 Å². The van der Waals surface area contributed by atoms with E-state index in [9.17, 15) is 30.0 Å². The summed E-state index contributed by atoms with van der Waals surface area (Å²) in [7, 11) is 0. The fraction of sp³-hybridized carbons (Fsp3) is 0.579. The van der Waals surface area contributed by atoms with Crippen LogP contribution in [0, 0.1) is 5.92 Å². The first-order valence-corrected chi connectivity index (χ1v) is 9.27. The third-order valence-electron chi connectivity index (χ3n) is 4.84. The second-order valence-electron chi connectivity index (χ2n) is 7.14. The van der Waals surface area contributed by atoms with Crippen molar-refractivity contribution < 1.29 is 49.0 Å². The monoisotopic (exact) mass is 412 g/mol. The van der Waals surface area contributed by atoms with Gasteiger partial charge < -0.3 is 39.4 Å². The van der Waals surface area contributed by atoms with Gasteiger partial charge in [-0.15, -0.1) is 0 Å². The number of hydrogen-bond acceptors (Lipinski definition) is 10. The van der Waals surface area contributed by atoms with E-state index in [1.54, 1.807) is 6.92 Å². The summed E-state index contributed by atoms with van der Waals surface area (Å²) in [6.45, 7) is 1.15. The molecule has 2 fully saturated rings. The van der Waals surface area contributed by atoms with E-state index in [1.165, 1.54) is 24.3 Å². The molecule has 0 aliphatic carbocycles. The summed E-state index contributed by atoms with van der Waals surface area (Å²) in [4.78, 5) is 23.7. The molecule has 29 heavy (non-hydrogen) atoms. The van der Waals surface area contributed by atoms with Crippen LogP contribution in [0.5, 0.6) is 11.5 Å². The number of esters is 2. The molecule has 3 rings (SSSR count). The first-order valence-electron chi connectivity index (χ1n) is 9.27. The number of carbonyl (C=O) groups excluding carboxylic acids is 2. The summed E-state index contributed by atoms with van der Waals surface area (Å²) >= 11 is 0. The average Bonchev–Trinajstić information content (AvgIpc) is 2.69. The molecule has 0 spiro atoms. The highest BCUT2D eigenvalue weighted by molar-refractivity contribution is 5.82. The summed E-state index contributed by atoms with van der Waals surface area (Å²) < 4.78 is 21.0. The zero-order valence-electron chi connectivity index (χ0n) is 15.7. The zero-order chi connectivity index (χ0) is 21.1. The third-order valence-corrected chi connectivity index (χ3v) is 4.84. The molecule has 4 N–H and O–H groups in total. The normalized spacial score (nSPS) is 34.9. The Hall–Kier alpha value is -2.24. The van der Waals surface area contributed by atoms with Gasteiger partial charge in [-0.1, -0.05) is 0 Å². The van der Waals surface area contributed by atoms with Crippen molar-refractivity contribution in [2.24, 2.45) is 5.92 Å². The standard InChI is InChI=1S/C19H24O10/c1-9-6-10(7-14(21)26-9)18(25)27-11-2-4-12(5-3-11)28-19-17(24)16(23)15(22)13(8-20)29-19/h2-5,9-10,13,15-17,19-20,22-24H,6-8H2,1H3/t9-,10-,13+,15+,16-,17+,19+/m0/s1. The first-order chi connectivity index (χ1) is 13.8. The van der Waals surface area contributed by atoms with Crippen molar-refractivity contribution in [1.82, 2.24) is 0 Å². The van der Waals surface area contributed by atoms with Crippen LogP contribution in [0.1, 0.15) is 19.8 Å². The molecule has 1 aromatic rings. The van der Waals surface area contributed by atoms with E-state index in [-0.39, 0.29) is 24.0 Å². The molecular formula is C19H24O10. The van der Waals surface area contributed by atoms with Gasteiger partial charge in [0.05, 0.1) is 25.0 Å². The summed E-state index contributed by atoms with van der Waals surface area (Å²) in [5, 5.41) is 38.8. The molecule has 0 aromatic heterocycles. The fourth-order valence-corrected chi connectivity index (χ4v) is 3.27. The highest BCUT2D eigenvalue weighted by atomic mass is 16.7. The van der Waals surface area contributed by atoms with Crippen LogP contribution in [0.25, 0.3) is 0 Å². The van der Waals surface area contributed by atoms with Crippen LogP contribution in [0.15, 0.2) is 24.3 Å². The molecule has 0 radical (unpaired) electrons. The van der Waals surface area contributed by atoms with E-state index in [2.05, 4.69) is 0 Å². The first kappa shape index (κ1) is 21.5. The van der Waals surface area contributed by atoms with Crippen LogP contribution >= 0.6 is 0 Å². The van der Waals surface area contributed by atoms with E-state index < -0.39 is 55.2 Å². The number of benzene rings is 1. The van der Waals surface area contributed by atoms with Gasteiger partial charge in [0.1, 0.15) is 35.9 Å². The smallest absolute Gasteiger partial charge is 0.315 e. The number of carbonyl (C=O) groups is 2. The molecule has 2 saturated heterocycles. The highest BCUT2D eigenvalue weighted by Crippen LogP contribution is 2.27. The molecule has 0 unspecified atom stereocenters. The number of cyclic esters (lactones) is 1. The van der Waals surface area contributed by atoms with Gasteiger partial charge in [0.25, 0.3) is 0 Å². The Morgan fingerprint density at radius 3 is 2.38 bits per heavy atom. The minimum atomic E-state index is -1.55. The maximum atomic E-state index is 12.2. The molecule has 1 aromatic carbocycles. The van der Waals surface area contributed by atoms with Gasteiger partial charge in [0.15, 0.2) is 0 Å². The molecule has 10 heteroatoms. The SMILES string of the molecule is C[C@H]1C[C@H](C(=O)Oc2ccc(O[C@@H]3O[C@H](CO)[C@@H](O)[C@H](O)[C@H]3O)cc2)CC(=O)O1. The molecule has 0 saturated carbocycles. The minimum Gasteiger partial charge on any atom is -0.463 e. The van der Waals surface area contributed by atoms with Crippen LogP contribution < -0.4 is 9.47 Å². The van der Waals surface area contributed by atoms with Gasteiger partial charge >= 0.3 is 11.9 Å². The maximum Gasteiger partial charge on any atom is 0.315 e. The third kappa shape index (κ3) is 5.03. The zero-order valence-corrected chi connectivity index (χ0v) is 15.7. The van der Waals surface area contributed by atoms with Crippen molar-refractivity contribution in [3.8, 4) is 11.5 Å². The molecule has 2 aliphatic heterocycles. The highest BCUT2D eigenvalue weighted by Gasteiger charge is 2.44. The topological polar surface area (TPSA) is 152 Å². The van der Waals surface area contributed by atoms with Gasteiger partial charge in [-0.2, -0.15) is 0 Å². The number of aliphatic hydroxyl groups excluding tert-OH is 4. The Labute approximate surface area is 166 Å². The predicted molar refractivity (Wildman–Crippen MR) is 94.8 cm³/mol. The second kappa shape index (κ2) is 9.06. The van der Waals surface area contributed by atoms with Crippen molar-refractivity contribution in [3.05, 3.63) is 24.3 Å². The van der Waals surface area contributed by atoms with Crippen LogP contribution in [0.3, 0.4) is 0 Å². The Bertz CT molecular complexity index is 718. The van der Waals surface area contributed by atoms with Crippen molar-refractivity contribution in [2.45, 2.75) is 56.6 Å². The van der Waals surface area contributed by atoms with Crippen LogP contribution in [0.4, 0.5) is 0 Å². The van der Waals surface area contributed by atoms with Crippen molar-refractivity contribution in [2.75, 3.05) is 6.61 Å². The number of aliphatic hydroxyl groups is 4. The summed E-state index contributed by atoms with van der Waals surface area (Å²) in [6, 6.07) is 5.84.